The molecule has 1 N–H and O–H groups in total. The molecule has 25 heavy (non-hydrogen) atoms. The Morgan fingerprint density at radius 3 is 2.76 bits per heavy atom. The van der Waals surface area contributed by atoms with Crippen molar-refractivity contribution in [3.63, 3.8) is 0 Å². The summed E-state index contributed by atoms with van der Waals surface area (Å²) in [7, 11) is 0. The van der Waals surface area contributed by atoms with Crippen LogP contribution in [-0.2, 0) is 6.54 Å². The molecule has 0 unspecified atom stereocenters. The van der Waals surface area contributed by atoms with Crippen LogP contribution in [0.15, 0.2) is 67.3 Å². The fourth-order valence-corrected chi connectivity index (χ4v) is 2.89. The predicted octanol–water partition coefficient (Wildman–Crippen LogP) is 3.49. The Kier molecular flexibility index (Phi) is 3.78. The maximum absolute atomic E-state index is 12.7. The second-order valence-electron chi connectivity index (χ2n) is 5.66. The van der Waals surface area contributed by atoms with Gasteiger partial charge in [0.15, 0.2) is 5.82 Å². The topological polar surface area (TPSA) is 64.7 Å². The Balaban J connectivity index is 1.60. The molecule has 0 radical (unpaired) electrons. The molecule has 1 amide bonds. The first kappa shape index (κ1) is 15.1. The van der Waals surface area contributed by atoms with Crippen molar-refractivity contribution in [2.75, 3.05) is 5.32 Å². The van der Waals surface area contributed by atoms with Crippen LogP contribution in [-0.4, -0.2) is 25.2 Å². The summed E-state index contributed by atoms with van der Waals surface area (Å²) < 4.78 is 3.74. The van der Waals surface area contributed by atoms with Crippen LogP contribution >= 0.6 is 0 Å². The SMILES string of the molecule is CCn1cc(C(=O)Nc2ccc(-n3cccn3)nc2)c2ccccc21. The van der Waals surface area contributed by atoms with Gasteiger partial charge >= 0.3 is 0 Å². The third kappa shape index (κ3) is 2.78. The van der Waals surface area contributed by atoms with Gasteiger partial charge in [0, 0.05) is 36.0 Å². The first-order chi connectivity index (χ1) is 12.3. The lowest BCUT2D eigenvalue weighted by Gasteiger charge is -2.05. The second kappa shape index (κ2) is 6.24. The Labute approximate surface area is 144 Å². The number of hydrogen-bond acceptors (Lipinski definition) is 3. The van der Waals surface area contributed by atoms with Gasteiger partial charge in [-0.3, -0.25) is 4.79 Å². The summed E-state index contributed by atoms with van der Waals surface area (Å²) >= 11 is 0. The lowest BCUT2D eigenvalue weighted by molar-refractivity contribution is 0.102. The number of carbonyl (C=O) groups is 1. The van der Waals surface area contributed by atoms with Crippen molar-refractivity contribution >= 4 is 22.5 Å². The zero-order chi connectivity index (χ0) is 17.2. The predicted molar refractivity (Wildman–Crippen MR) is 96.9 cm³/mol. The molecule has 1 aromatic carbocycles. The third-order valence-electron chi connectivity index (χ3n) is 4.12. The first-order valence-electron chi connectivity index (χ1n) is 8.11. The quantitative estimate of drug-likeness (QED) is 0.622. The monoisotopic (exact) mass is 331 g/mol. The van der Waals surface area contributed by atoms with Crippen molar-refractivity contribution in [1.29, 1.82) is 0 Å². The van der Waals surface area contributed by atoms with Gasteiger partial charge in [0.05, 0.1) is 17.4 Å². The number of benzene rings is 1. The molecular formula is C19H17N5O. The minimum atomic E-state index is -0.142. The highest BCUT2D eigenvalue weighted by Crippen LogP contribution is 2.22. The number of carbonyl (C=O) groups excluding carboxylic acids is 1. The van der Waals surface area contributed by atoms with Crippen LogP contribution in [0.5, 0.6) is 0 Å². The summed E-state index contributed by atoms with van der Waals surface area (Å²) in [5, 5.41) is 8.00. The molecule has 0 aliphatic heterocycles. The Morgan fingerprint density at radius 2 is 2.04 bits per heavy atom. The molecule has 0 bridgehead atoms. The van der Waals surface area contributed by atoms with Gasteiger partial charge in [0.2, 0.25) is 0 Å². The van der Waals surface area contributed by atoms with Crippen molar-refractivity contribution in [2.45, 2.75) is 13.5 Å². The molecule has 6 heteroatoms. The summed E-state index contributed by atoms with van der Waals surface area (Å²) in [4.78, 5) is 17.0. The van der Waals surface area contributed by atoms with E-state index in [1.165, 1.54) is 0 Å². The maximum atomic E-state index is 12.7. The van der Waals surface area contributed by atoms with E-state index < -0.39 is 0 Å². The zero-order valence-corrected chi connectivity index (χ0v) is 13.8. The molecule has 0 aliphatic carbocycles. The van der Waals surface area contributed by atoms with Gasteiger partial charge in [-0.25, -0.2) is 9.67 Å². The molecule has 0 aliphatic rings. The van der Waals surface area contributed by atoms with E-state index in [4.69, 9.17) is 0 Å². The molecule has 3 heterocycles. The lowest BCUT2D eigenvalue weighted by atomic mass is 10.1. The van der Waals surface area contributed by atoms with Gasteiger partial charge in [-0.1, -0.05) is 18.2 Å². The highest BCUT2D eigenvalue weighted by molar-refractivity contribution is 6.12. The van der Waals surface area contributed by atoms with Crippen molar-refractivity contribution in [3.8, 4) is 5.82 Å². The van der Waals surface area contributed by atoms with Gasteiger partial charge in [-0.2, -0.15) is 5.10 Å². The fourth-order valence-electron chi connectivity index (χ4n) is 2.89. The summed E-state index contributed by atoms with van der Waals surface area (Å²) in [5.74, 6) is 0.558. The number of nitrogens with zero attached hydrogens (tertiary/aromatic N) is 4. The van der Waals surface area contributed by atoms with Gasteiger partial charge in [-0.15, -0.1) is 0 Å². The summed E-state index contributed by atoms with van der Waals surface area (Å²) in [6.07, 6.45) is 7.04. The van der Waals surface area contributed by atoms with E-state index in [0.29, 0.717) is 17.1 Å². The third-order valence-corrected chi connectivity index (χ3v) is 4.12. The highest BCUT2D eigenvalue weighted by atomic mass is 16.1. The molecule has 4 aromatic rings. The Morgan fingerprint density at radius 1 is 1.16 bits per heavy atom. The van der Waals surface area contributed by atoms with E-state index in [2.05, 4.69) is 26.9 Å². The highest BCUT2D eigenvalue weighted by Gasteiger charge is 2.14. The van der Waals surface area contributed by atoms with E-state index in [-0.39, 0.29) is 5.91 Å². The number of aromatic nitrogens is 4. The number of fused-ring (bicyclic) bond motifs is 1. The number of rotatable bonds is 4. The van der Waals surface area contributed by atoms with Crippen molar-refractivity contribution in [1.82, 2.24) is 19.3 Å². The number of anilines is 1. The van der Waals surface area contributed by atoms with Crippen molar-refractivity contribution < 1.29 is 4.79 Å². The molecule has 0 atom stereocenters. The number of aryl methyl sites for hydroxylation is 1. The van der Waals surface area contributed by atoms with Crippen LogP contribution < -0.4 is 5.32 Å². The number of amides is 1. The normalized spacial score (nSPS) is 10.9. The largest absolute Gasteiger partial charge is 0.347 e. The number of para-hydroxylation sites is 1. The summed E-state index contributed by atoms with van der Waals surface area (Å²) in [6, 6.07) is 13.4. The molecule has 4 rings (SSSR count). The molecule has 0 saturated heterocycles. The van der Waals surface area contributed by atoms with Gasteiger partial charge < -0.3 is 9.88 Å². The minimum Gasteiger partial charge on any atom is -0.347 e. The maximum Gasteiger partial charge on any atom is 0.257 e. The minimum absolute atomic E-state index is 0.142. The molecule has 6 nitrogen and oxygen atoms in total. The second-order valence-corrected chi connectivity index (χ2v) is 5.66. The number of hydrogen-bond donors (Lipinski definition) is 1. The van der Waals surface area contributed by atoms with E-state index in [9.17, 15) is 4.79 Å². The van der Waals surface area contributed by atoms with Crippen molar-refractivity contribution in [2.24, 2.45) is 0 Å². The van der Waals surface area contributed by atoms with Crippen LogP contribution in [0.4, 0.5) is 5.69 Å². The van der Waals surface area contributed by atoms with Crippen LogP contribution in [0.2, 0.25) is 0 Å². The van der Waals surface area contributed by atoms with E-state index >= 15 is 0 Å². The Bertz CT molecular complexity index is 1020. The molecule has 0 spiro atoms. The standard InChI is InChI=1S/C19H17N5O/c1-2-23-13-16(15-6-3-4-7-17(15)23)19(25)22-14-8-9-18(20-12-14)24-11-5-10-21-24/h3-13H,2H2,1H3,(H,22,25). The van der Waals surface area contributed by atoms with Crippen molar-refractivity contribution in [3.05, 3.63) is 72.8 Å². The number of nitrogens with one attached hydrogen (secondary N) is 1. The smallest absolute Gasteiger partial charge is 0.257 e. The van der Waals surface area contributed by atoms with Gasteiger partial charge in [0.1, 0.15) is 0 Å². The lowest BCUT2D eigenvalue weighted by Crippen LogP contribution is -2.12. The van der Waals surface area contributed by atoms with E-state index in [0.717, 1.165) is 17.4 Å². The average molecular weight is 331 g/mol. The molecule has 0 saturated carbocycles. The van der Waals surface area contributed by atoms with Crippen LogP contribution in [0.25, 0.3) is 16.7 Å². The average Bonchev–Trinajstić information content (AvgIpc) is 3.30. The van der Waals surface area contributed by atoms with Crippen LogP contribution in [0, 0.1) is 0 Å². The summed E-state index contributed by atoms with van der Waals surface area (Å²) in [6.45, 7) is 2.87. The molecule has 3 aromatic heterocycles. The molecule has 124 valence electrons. The van der Waals surface area contributed by atoms with E-state index in [1.54, 1.807) is 17.1 Å². The number of pyridine rings is 1. The summed E-state index contributed by atoms with van der Waals surface area (Å²) in [5.41, 5.74) is 2.37. The van der Waals surface area contributed by atoms with Crippen LogP contribution in [0.3, 0.4) is 0 Å². The molecular weight excluding hydrogens is 314 g/mol. The van der Waals surface area contributed by atoms with Gasteiger partial charge in [0.25, 0.3) is 5.91 Å². The van der Waals surface area contributed by atoms with Crippen LogP contribution in [0.1, 0.15) is 17.3 Å². The fraction of sp³-hybridized carbons (Fsp3) is 0.105. The molecule has 0 fully saturated rings. The van der Waals surface area contributed by atoms with Gasteiger partial charge in [-0.05, 0) is 31.2 Å². The first-order valence-corrected chi connectivity index (χ1v) is 8.11. The zero-order valence-electron chi connectivity index (χ0n) is 13.8. The van der Waals surface area contributed by atoms with E-state index in [1.807, 2.05) is 54.9 Å². The Hall–Kier alpha value is -3.41.